The van der Waals surface area contributed by atoms with E-state index in [-0.39, 0.29) is 11.9 Å². The second kappa shape index (κ2) is 6.64. The van der Waals surface area contributed by atoms with Crippen molar-refractivity contribution >= 4 is 11.6 Å². The molecule has 128 valence electrons. The summed E-state index contributed by atoms with van der Waals surface area (Å²) in [4.78, 5) is 19.0. The summed E-state index contributed by atoms with van der Waals surface area (Å²) in [6.45, 7) is 0.656. The van der Waals surface area contributed by atoms with Gasteiger partial charge >= 0.3 is 0 Å². The molecule has 1 fully saturated rings. The zero-order valence-electron chi connectivity index (χ0n) is 13.8. The van der Waals surface area contributed by atoms with Crippen molar-refractivity contribution in [2.75, 3.05) is 6.54 Å². The van der Waals surface area contributed by atoms with Gasteiger partial charge in [-0.05, 0) is 37.0 Å². The van der Waals surface area contributed by atoms with E-state index in [1.165, 1.54) is 6.33 Å². The van der Waals surface area contributed by atoms with Crippen LogP contribution in [0, 0.1) is 0 Å². The quantitative estimate of drug-likeness (QED) is 0.797. The molecule has 1 aliphatic rings. The Morgan fingerprint density at radius 1 is 1.16 bits per heavy atom. The van der Waals surface area contributed by atoms with Crippen LogP contribution in [-0.2, 0) is 0 Å². The number of aliphatic hydroxyl groups excluding tert-OH is 1. The molecule has 1 aliphatic heterocycles. The average molecular weight is 336 g/mol. The Labute approximate surface area is 145 Å². The van der Waals surface area contributed by atoms with Crippen molar-refractivity contribution in [3.63, 3.8) is 0 Å². The van der Waals surface area contributed by atoms with Gasteiger partial charge in [0, 0.05) is 12.7 Å². The number of amides is 1. The monoisotopic (exact) mass is 336 g/mol. The zero-order valence-corrected chi connectivity index (χ0v) is 13.8. The number of carbonyl (C=O) groups excluding carboxylic acids is 1. The van der Waals surface area contributed by atoms with E-state index in [1.54, 1.807) is 27.7 Å². The van der Waals surface area contributed by atoms with Crippen LogP contribution < -0.4 is 0 Å². The second-order valence-electron chi connectivity index (χ2n) is 6.40. The van der Waals surface area contributed by atoms with Crippen molar-refractivity contribution < 1.29 is 9.90 Å². The molecule has 3 heterocycles. The molecule has 6 nitrogen and oxygen atoms in total. The van der Waals surface area contributed by atoms with E-state index in [9.17, 15) is 9.90 Å². The zero-order chi connectivity index (χ0) is 17.2. The Morgan fingerprint density at radius 2 is 2.00 bits per heavy atom. The molecule has 4 rings (SSSR count). The van der Waals surface area contributed by atoms with Crippen molar-refractivity contribution in [1.82, 2.24) is 19.5 Å². The lowest BCUT2D eigenvalue weighted by Crippen LogP contribution is -2.46. The number of pyridine rings is 1. The highest BCUT2D eigenvalue weighted by molar-refractivity contribution is 5.94. The summed E-state index contributed by atoms with van der Waals surface area (Å²) in [6.07, 6.45) is 5.25. The van der Waals surface area contributed by atoms with Crippen molar-refractivity contribution in [1.29, 1.82) is 0 Å². The number of benzene rings is 1. The van der Waals surface area contributed by atoms with Gasteiger partial charge < -0.3 is 10.0 Å². The van der Waals surface area contributed by atoms with Gasteiger partial charge in [0.05, 0.1) is 17.7 Å². The van der Waals surface area contributed by atoms with Gasteiger partial charge in [-0.15, -0.1) is 0 Å². The highest BCUT2D eigenvalue weighted by Gasteiger charge is 2.33. The first-order chi connectivity index (χ1) is 12.2. The van der Waals surface area contributed by atoms with Crippen LogP contribution in [-0.4, -0.2) is 43.1 Å². The smallest absolute Gasteiger partial charge is 0.255 e. The molecule has 2 aromatic heterocycles. The number of nitrogens with zero attached hydrogens (tertiary/aromatic N) is 4. The molecule has 1 aromatic carbocycles. The van der Waals surface area contributed by atoms with Crippen LogP contribution in [0.25, 0.3) is 5.65 Å². The number of carbonyl (C=O) groups is 1. The lowest BCUT2D eigenvalue weighted by atomic mass is 9.92. The van der Waals surface area contributed by atoms with E-state index in [2.05, 4.69) is 10.1 Å². The van der Waals surface area contributed by atoms with Crippen LogP contribution in [0.2, 0.25) is 0 Å². The van der Waals surface area contributed by atoms with Crippen molar-refractivity contribution in [3.05, 3.63) is 66.1 Å². The Morgan fingerprint density at radius 3 is 2.84 bits per heavy atom. The third-order valence-corrected chi connectivity index (χ3v) is 4.84. The summed E-state index contributed by atoms with van der Waals surface area (Å²) < 4.78 is 1.60. The third-order valence-electron chi connectivity index (χ3n) is 4.84. The highest BCUT2D eigenvalue weighted by Crippen LogP contribution is 2.29. The van der Waals surface area contributed by atoms with Gasteiger partial charge in [-0.1, -0.05) is 30.3 Å². The predicted octanol–water partition coefficient (Wildman–Crippen LogP) is 2.46. The van der Waals surface area contributed by atoms with Crippen molar-refractivity contribution in [2.45, 2.75) is 31.4 Å². The summed E-state index contributed by atoms with van der Waals surface area (Å²) in [6, 6.07) is 12.9. The largest absolute Gasteiger partial charge is 0.386 e. The number of aliphatic hydroxyl groups is 1. The SMILES string of the molecule is O=C(c1ccc2ncnn2c1)N1CCCCC1C(O)c1ccccc1. The fourth-order valence-electron chi connectivity index (χ4n) is 3.52. The maximum Gasteiger partial charge on any atom is 0.255 e. The van der Waals surface area contributed by atoms with Crippen LogP contribution in [0.4, 0.5) is 0 Å². The summed E-state index contributed by atoms with van der Waals surface area (Å²) in [7, 11) is 0. The fraction of sp³-hybridized carbons (Fsp3) is 0.316. The molecule has 0 saturated carbocycles. The van der Waals surface area contributed by atoms with Crippen LogP contribution in [0.3, 0.4) is 0 Å². The number of likely N-dealkylation sites (tertiary alicyclic amines) is 1. The summed E-state index contributed by atoms with van der Waals surface area (Å²) >= 11 is 0. The minimum absolute atomic E-state index is 0.0721. The standard InChI is InChI=1S/C19H20N4O2/c24-18(14-6-2-1-3-7-14)16-8-4-5-11-22(16)19(25)15-9-10-17-20-13-21-23(17)12-15/h1-3,6-7,9-10,12-13,16,18,24H,4-5,8,11H2. The maximum absolute atomic E-state index is 13.1. The predicted molar refractivity (Wildman–Crippen MR) is 93.1 cm³/mol. The lowest BCUT2D eigenvalue weighted by molar-refractivity contribution is 0.0211. The van der Waals surface area contributed by atoms with Gasteiger partial charge in [0.15, 0.2) is 5.65 Å². The molecule has 1 amide bonds. The first kappa shape index (κ1) is 15.8. The molecule has 0 spiro atoms. The fourth-order valence-corrected chi connectivity index (χ4v) is 3.52. The van der Waals surface area contributed by atoms with E-state index in [0.717, 1.165) is 24.8 Å². The number of aromatic nitrogens is 3. The summed E-state index contributed by atoms with van der Waals surface area (Å²) in [5, 5.41) is 14.9. The Bertz CT molecular complexity index is 877. The molecule has 1 saturated heterocycles. The first-order valence-electron chi connectivity index (χ1n) is 8.57. The number of rotatable bonds is 3. The maximum atomic E-state index is 13.1. The third kappa shape index (κ3) is 3.00. The first-order valence-corrected chi connectivity index (χ1v) is 8.57. The van der Waals surface area contributed by atoms with Crippen LogP contribution in [0.1, 0.15) is 41.3 Å². The highest BCUT2D eigenvalue weighted by atomic mass is 16.3. The molecule has 1 N–H and O–H groups in total. The van der Waals surface area contributed by atoms with Crippen molar-refractivity contribution in [3.8, 4) is 0 Å². The average Bonchev–Trinajstić information content (AvgIpc) is 3.15. The Kier molecular flexibility index (Phi) is 4.19. The minimum atomic E-state index is -0.680. The van der Waals surface area contributed by atoms with Gasteiger partial charge in [0.2, 0.25) is 0 Å². The molecule has 3 aromatic rings. The van der Waals surface area contributed by atoms with Crippen molar-refractivity contribution in [2.24, 2.45) is 0 Å². The van der Waals surface area contributed by atoms with Gasteiger partial charge in [-0.3, -0.25) is 4.79 Å². The van der Waals surface area contributed by atoms with Gasteiger partial charge in [-0.2, -0.15) is 5.10 Å². The molecule has 0 radical (unpaired) electrons. The van der Waals surface area contributed by atoms with Gasteiger partial charge in [0.25, 0.3) is 5.91 Å². The molecular formula is C19H20N4O2. The molecular weight excluding hydrogens is 316 g/mol. The van der Waals surface area contributed by atoms with E-state index >= 15 is 0 Å². The second-order valence-corrected chi connectivity index (χ2v) is 6.40. The van der Waals surface area contributed by atoms with E-state index in [0.29, 0.717) is 17.8 Å². The van der Waals surface area contributed by atoms with E-state index in [4.69, 9.17) is 0 Å². The summed E-state index contributed by atoms with van der Waals surface area (Å²) in [5.41, 5.74) is 2.11. The Hall–Kier alpha value is -2.73. The minimum Gasteiger partial charge on any atom is -0.386 e. The summed E-state index contributed by atoms with van der Waals surface area (Å²) in [5.74, 6) is -0.0721. The molecule has 25 heavy (non-hydrogen) atoms. The van der Waals surface area contributed by atoms with E-state index in [1.807, 2.05) is 30.3 Å². The molecule has 2 unspecified atom stereocenters. The number of fused-ring (bicyclic) bond motifs is 1. The number of hydrogen-bond acceptors (Lipinski definition) is 4. The topological polar surface area (TPSA) is 70.7 Å². The van der Waals surface area contributed by atoms with E-state index < -0.39 is 6.10 Å². The normalized spacial score (nSPS) is 19.1. The van der Waals surface area contributed by atoms with Gasteiger partial charge in [-0.25, -0.2) is 9.50 Å². The number of piperidine rings is 1. The number of hydrogen-bond donors (Lipinski definition) is 1. The van der Waals surface area contributed by atoms with Crippen LogP contribution >= 0.6 is 0 Å². The Balaban J connectivity index is 1.62. The van der Waals surface area contributed by atoms with Crippen LogP contribution in [0.5, 0.6) is 0 Å². The molecule has 6 heteroatoms. The van der Waals surface area contributed by atoms with Gasteiger partial charge in [0.1, 0.15) is 6.33 Å². The molecule has 2 atom stereocenters. The van der Waals surface area contributed by atoms with Crippen LogP contribution in [0.15, 0.2) is 55.0 Å². The molecule has 0 aliphatic carbocycles. The molecule has 0 bridgehead atoms. The lowest BCUT2D eigenvalue weighted by Gasteiger charge is -2.38.